The molecule has 5 nitrogen and oxygen atoms in total. The van der Waals surface area contributed by atoms with Crippen LogP contribution in [0.2, 0.25) is 0 Å². The molecule has 2 aliphatic rings. The lowest BCUT2D eigenvalue weighted by Crippen LogP contribution is -2.39. The van der Waals surface area contributed by atoms with Gasteiger partial charge in [-0.25, -0.2) is 4.98 Å². The van der Waals surface area contributed by atoms with Gasteiger partial charge in [0.2, 0.25) is 11.0 Å². The number of hydrogen-bond acceptors (Lipinski definition) is 5. The zero-order valence-corrected chi connectivity index (χ0v) is 17.6. The Morgan fingerprint density at radius 1 is 1.04 bits per heavy atom. The second-order valence-electron chi connectivity index (χ2n) is 8.16. The minimum atomic E-state index is 0.267. The molecule has 1 saturated carbocycles. The number of anilines is 1. The van der Waals surface area contributed by atoms with Gasteiger partial charge in [-0.05, 0) is 31.7 Å². The van der Waals surface area contributed by atoms with Crippen LogP contribution in [0.25, 0.3) is 0 Å². The Morgan fingerprint density at radius 2 is 1.82 bits per heavy atom. The van der Waals surface area contributed by atoms with Crippen LogP contribution >= 0.6 is 11.5 Å². The Morgan fingerprint density at radius 3 is 2.61 bits per heavy atom. The summed E-state index contributed by atoms with van der Waals surface area (Å²) < 4.78 is 4.58. The third-order valence-corrected chi connectivity index (χ3v) is 6.79. The summed E-state index contributed by atoms with van der Waals surface area (Å²) in [6.07, 6.45) is 7.66. The molecule has 1 saturated heterocycles. The monoisotopic (exact) mass is 398 g/mol. The second-order valence-corrected chi connectivity index (χ2v) is 8.89. The molecule has 1 aromatic carbocycles. The maximum absolute atomic E-state index is 12.9. The van der Waals surface area contributed by atoms with E-state index in [0.29, 0.717) is 5.91 Å². The number of hydrogen-bond donors (Lipinski definition) is 0. The van der Waals surface area contributed by atoms with Crippen LogP contribution in [0.1, 0.15) is 55.5 Å². The predicted octanol–water partition coefficient (Wildman–Crippen LogP) is 4.06. The van der Waals surface area contributed by atoms with E-state index in [2.05, 4.69) is 45.4 Å². The molecule has 0 atom stereocenters. The van der Waals surface area contributed by atoms with Crippen LogP contribution in [0.4, 0.5) is 5.13 Å². The van der Waals surface area contributed by atoms with Crippen molar-refractivity contribution < 1.29 is 4.79 Å². The molecular weight excluding hydrogens is 368 g/mol. The summed E-state index contributed by atoms with van der Waals surface area (Å²) in [6, 6.07) is 8.57. The summed E-state index contributed by atoms with van der Waals surface area (Å²) in [5, 5.41) is 0.995. The van der Waals surface area contributed by atoms with Crippen LogP contribution < -0.4 is 4.90 Å². The molecule has 1 aliphatic heterocycles. The van der Waals surface area contributed by atoms with Gasteiger partial charge in [-0.15, -0.1) is 0 Å². The van der Waals surface area contributed by atoms with Crippen molar-refractivity contribution >= 4 is 22.6 Å². The third-order valence-electron chi connectivity index (χ3n) is 5.97. The number of rotatable bonds is 4. The van der Waals surface area contributed by atoms with E-state index >= 15 is 0 Å². The van der Waals surface area contributed by atoms with Crippen molar-refractivity contribution in [2.24, 2.45) is 5.92 Å². The summed E-state index contributed by atoms with van der Waals surface area (Å²) in [4.78, 5) is 22.1. The molecule has 0 unspecified atom stereocenters. The molecule has 2 aromatic rings. The van der Waals surface area contributed by atoms with Gasteiger partial charge in [-0.1, -0.05) is 49.1 Å². The predicted molar refractivity (Wildman–Crippen MR) is 114 cm³/mol. The largest absolute Gasteiger partial charge is 0.345 e. The van der Waals surface area contributed by atoms with E-state index < -0.39 is 0 Å². The lowest BCUT2D eigenvalue weighted by molar-refractivity contribution is -0.136. The van der Waals surface area contributed by atoms with Crippen molar-refractivity contribution in [1.29, 1.82) is 0 Å². The number of carbonyl (C=O) groups excluding carboxylic acids is 1. The highest BCUT2D eigenvalue weighted by Gasteiger charge is 2.28. The number of aromatic nitrogens is 2. The van der Waals surface area contributed by atoms with Gasteiger partial charge in [0.1, 0.15) is 5.82 Å². The fraction of sp³-hybridized carbons (Fsp3) is 0.591. The molecule has 1 aliphatic carbocycles. The fourth-order valence-electron chi connectivity index (χ4n) is 4.27. The van der Waals surface area contributed by atoms with E-state index in [1.54, 1.807) is 0 Å². The molecule has 0 spiro atoms. The molecule has 0 N–H and O–H groups in total. The van der Waals surface area contributed by atoms with Gasteiger partial charge in [0.15, 0.2) is 0 Å². The van der Waals surface area contributed by atoms with E-state index in [-0.39, 0.29) is 5.92 Å². The van der Waals surface area contributed by atoms with Crippen molar-refractivity contribution in [2.45, 2.75) is 51.9 Å². The Bertz CT molecular complexity index is 782. The summed E-state index contributed by atoms with van der Waals surface area (Å²) in [5.41, 5.74) is 2.52. The van der Waals surface area contributed by atoms with Crippen molar-refractivity contribution in [3.63, 3.8) is 0 Å². The molecule has 1 aromatic heterocycles. The number of carbonyl (C=O) groups is 1. The van der Waals surface area contributed by atoms with Gasteiger partial charge in [0.25, 0.3) is 0 Å². The average Bonchev–Trinajstić information content (AvgIpc) is 3.05. The van der Waals surface area contributed by atoms with Crippen molar-refractivity contribution in [3.8, 4) is 0 Å². The van der Waals surface area contributed by atoms with Gasteiger partial charge in [-0.2, -0.15) is 4.37 Å². The van der Waals surface area contributed by atoms with Crippen LogP contribution in [0.5, 0.6) is 0 Å². The molecule has 28 heavy (non-hydrogen) atoms. The maximum Gasteiger partial charge on any atom is 0.225 e. The zero-order chi connectivity index (χ0) is 19.3. The summed E-state index contributed by atoms with van der Waals surface area (Å²) in [7, 11) is 0. The first-order chi connectivity index (χ1) is 13.7. The minimum absolute atomic E-state index is 0.267. The van der Waals surface area contributed by atoms with Gasteiger partial charge in [-0.3, -0.25) is 4.79 Å². The number of nitrogens with zero attached hydrogens (tertiary/aromatic N) is 4. The van der Waals surface area contributed by atoms with Crippen LogP contribution in [-0.4, -0.2) is 46.3 Å². The van der Waals surface area contributed by atoms with Crippen molar-refractivity contribution in [1.82, 2.24) is 14.3 Å². The van der Waals surface area contributed by atoms with E-state index in [4.69, 9.17) is 4.98 Å². The molecule has 150 valence electrons. The topological polar surface area (TPSA) is 49.3 Å². The molecule has 0 bridgehead atoms. The van der Waals surface area contributed by atoms with Crippen LogP contribution in [0.15, 0.2) is 24.3 Å². The zero-order valence-electron chi connectivity index (χ0n) is 16.8. The summed E-state index contributed by atoms with van der Waals surface area (Å²) in [6.45, 7) is 5.60. The summed E-state index contributed by atoms with van der Waals surface area (Å²) >= 11 is 1.49. The third kappa shape index (κ3) is 4.72. The second kappa shape index (κ2) is 9.03. The van der Waals surface area contributed by atoms with Crippen LogP contribution in [0, 0.1) is 12.8 Å². The number of benzene rings is 1. The van der Waals surface area contributed by atoms with Crippen molar-refractivity contribution in [3.05, 3.63) is 41.2 Å². The highest BCUT2D eigenvalue weighted by Crippen LogP contribution is 2.26. The quantitative estimate of drug-likeness (QED) is 0.779. The van der Waals surface area contributed by atoms with E-state index in [1.165, 1.54) is 41.9 Å². The van der Waals surface area contributed by atoms with E-state index in [9.17, 15) is 4.79 Å². The molecular formula is C22H30N4OS. The Labute approximate surface area is 171 Å². The first-order valence-corrected chi connectivity index (χ1v) is 11.4. The lowest BCUT2D eigenvalue weighted by atomic mass is 9.88. The Kier molecular flexibility index (Phi) is 6.25. The summed E-state index contributed by atoms with van der Waals surface area (Å²) in [5.74, 6) is 1.55. The van der Waals surface area contributed by atoms with Gasteiger partial charge in [0, 0.05) is 50.1 Å². The Hall–Kier alpha value is -1.95. The molecule has 2 heterocycles. The van der Waals surface area contributed by atoms with E-state index in [0.717, 1.165) is 62.8 Å². The number of amides is 1. The van der Waals surface area contributed by atoms with Crippen molar-refractivity contribution in [2.75, 3.05) is 31.1 Å². The van der Waals surface area contributed by atoms with Gasteiger partial charge >= 0.3 is 0 Å². The molecule has 6 heteroatoms. The smallest absolute Gasteiger partial charge is 0.225 e. The standard InChI is InChI=1S/C22H30N4OS/c1-17-8-10-18(11-9-17)16-20-23-22(28-24-20)26-13-5-12-25(14-15-26)21(27)19-6-3-2-4-7-19/h8-11,19H,2-7,12-16H2,1H3. The van der Waals surface area contributed by atoms with E-state index in [1.807, 2.05) is 0 Å². The first-order valence-electron chi connectivity index (χ1n) is 10.6. The number of aryl methyl sites for hydroxylation is 1. The normalized spacial score (nSPS) is 18.9. The maximum atomic E-state index is 12.9. The van der Waals surface area contributed by atoms with Gasteiger partial charge in [0.05, 0.1) is 0 Å². The SMILES string of the molecule is Cc1ccc(Cc2nsc(N3CCCN(C(=O)C4CCCCC4)CC3)n2)cc1. The highest BCUT2D eigenvalue weighted by molar-refractivity contribution is 7.09. The first kappa shape index (κ1) is 19.4. The van der Waals surface area contributed by atoms with Crippen LogP contribution in [-0.2, 0) is 11.2 Å². The molecule has 4 rings (SSSR count). The van der Waals surface area contributed by atoms with Gasteiger partial charge < -0.3 is 9.80 Å². The highest BCUT2D eigenvalue weighted by atomic mass is 32.1. The molecule has 1 amide bonds. The minimum Gasteiger partial charge on any atom is -0.345 e. The lowest BCUT2D eigenvalue weighted by Gasteiger charge is -2.28. The van der Waals surface area contributed by atoms with Crippen LogP contribution in [0.3, 0.4) is 0 Å². The fourth-order valence-corrected chi connectivity index (χ4v) is 5.01. The molecule has 0 radical (unpaired) electrons. The molecule has 2 fully saturated rings. The average molecular weight is 399 g/mol. The Balaban J connectivity index is 1.34.